The molecule has 1 aromatic rings. The monoisotopic (exact) mass is 405 g/mol. The molecule has 10 heteroatoms. The Morgan fingerprint density at radius 1 is 1.35 bits per heavy atom. The minimum Gasteiger partial charge on any atom is -0.468 e. The zero-order valence-electron chi connectivity index (χ0n) is 13.5. The Labute approximate surface area is 157 Å². The van der Waals surface area contributed by atoms with Crippen molar-refractivity contribution in [3.8, 4) is 6.07 Å². The van der Waals surface area contributed by atoms with Crippen LogP contribution >= 0.6 is 23.2 Å². The fraction of sp³-hybridized carbons (Fsp3) is 0.250. The predicted molar refractivity (Wildman–Crippen MR) is 90.0 cm³/mol. The molecule has 0 amide bonds. The van der Waals surface area contributed by atoms with E-state index in [-0.39, 0.29) is 21.4 Å². The van der Waals surface area contributed by atoms with E-state index in [1.807, 2.05) is 0 Å². The third kappa shape index (κ3) is 2.77. The molecule has 1 aliphatic heterocycles. The third-order valence-electron chi connectivity index (χ3n) is 3.90. The molecule has 0 spiro atoms. The van der Waals surface area contributed by atoms with Crippen LogP contribution in [0.5, 0.6) is 0 Å². The molecule has 0 fully saturated rings. The van der Waals surface area contributed by atoms with Crippen molar-refractivity contribution in [3.63, 3.8) is 0 Å². The summed E-state index contributed by atoms with van der Waals surface area (Å²) < 4.78 is 45.9. The number of nitriles is 1. The second kappa shape index (κ2) is 6.74. The molecule has 0 aliphatic carbocycles. The molecular weight excluding hydrogens is 394 g/mol. The van der Waals surface area contributed by atoms with Gasteiger partial charge < -0.3 is 10.5 Å². The van der Waals surface area contributed by atoms with Crippen LogP contribution in [0.2, 0.25) is 10.0 Å². The first-order valence-electron chi connectivity index (χ1n) is 7.02. The van der Waals surface area contributed by atoms with Crippen molar-refractivity contribution in [1.82, 2.24) is 0 Å². The number of rotatable bonds is 2. The van der Waals surface area contributed by atoms with Gasteiger partial charge in [-0.2, -0.15) is 18.4 Å². The van der Waals surface area contributed by atoms with Crippen molar-refractivity contribution in [3.05, 3.63) is 51.4 Å². The smallest absolute Gasteiger partial charge is 0.413 e. The number of hydrogen-bond donors (Lipinski definition) is 1. The number of alkyl halides is 3. The Morgan fingerprint density at radius 3 is 2.31 bits per heavy atom. The molecular formula is C16H12Cl2F3N3O2. The molecule has 1 aromatic carbocycles. The van der Waals surface area contributed by atoms with Crippen LogP contribution in [-0.2, 0) is 9.53 Å². The van der Waals surface area contributed by atoms with Gasteiger partial charge in [0, 0.05) is 5.70 Å². The number of methoxy groups -OCH3 is 1. The summed E-state index contributed by atoms with van der Waals surface area (Å²) in [7, 11) is 0.793. The Bertz CT molecular complexity index is 854. The molecule has 1 atom stereocenters. The van der Waals surface area contributed by atoms with E-state index in [1.54, 1.807) is 0 Å². The summed E-state index contributed by atoms with van der Waals surface area (Å²) in [4.78, 5) is 13.2. The highest BCUT2D eigenvalue weighted by atomic mass is 35.5. The number of nitrogens with zero attached hydrogens (tertiary/aromatic N) is 2. The van der Waals surface area contributed by atoms with Gasteiger partial charge >= 0.3 is 12.1 Å². The number of esters is 1. The third-order valence-corrected chi connectivity index (χ3v) is 4.51. The summed E-state index contributed by atoms with van der Waals surface area (Å²) in [6, 6.07) is 5.84. The summed E-state index contributed by atoms with van der Waals surface area (Å²) in [5, 5.41) is 9.58. The molecule has 5 nitrogen and oxygen atoms in total. The SMILES string of the molecule is COC(=O)[C@]1(C(F)(F)F)C=C(C)N(c2c(Cl)cccc2Cl)C(N)=C1C#N. The van der Waals surface area contributed by atoms with Gasteiger partial charge in [0.05, 0.1) is 22.8 Å². The molecule has 0 radical (unpaired) electrons. The zero-order chi connectivity index (χ0) is 19.9. The Hall–Kier alpha value is -2.37. The van der Waals surface area contributed by atoms with Crippen molar-refractivity contribution in [2.24, 2.45) is 11.1 Å². The van der Waals surface area contributed by atoms with Gasteiger partial charge in [0.15, 0.2) is 0 Å². The number of carbonyl (C=O) groups is 1. The van der Waals surface area contributed by atoms with Crippen LogP contribution in [0.1, 0.15) is 6.92 Å². The maximum atomic E-state index is 13.8. The number of allylic oxidation sites excluding steroid dienone is 1. The van der Waals surface area contributed by atoms with Crippen LogP contribution in [0, 0.1) is 16.7 Å². The van der Waals surface area contributed by atoms with Gasteiger partial charge in [0.25, 0.3) is 0 Å². The number of para-hydroxylation sites is 1. The average molecular weight is 406 g/mol. The summed E-state index contributed by atoms with van der Waals surface area (Å²) in [6.07, 6.45) is -4.58. The molecule has 0 saturated carbocycles. The van der Waals surface area contributed by atoms with E-state index in [1.165, 1.54) is 31.2 Å². The standard InChI is InChI=1S/C16H12Cl2F3N3O2/c1-8-6-15(14(25)26-2,16(19,20)21)9(7-22)13(23)24(8)12-10(17)4-3-5-11(12)18/h3-6H,23H2,1-2H3/t15-/m0/s1. The minimum atomic E-state index is -5.16. The lowest BCUT2D eigenvalue weighted by molar-refractivity contribution is -0.209. The predicted octanol–water partition coefficient (Wildman–Crippen LogP) is 4.13. The van der Waals surface area contributed by atoms with Crippen LogP contribution in [0.4, 0.5) is 18.9 Å². The molecule has 1 aliphatic rings. The zero-order valence-corrected chi connectivity index (χ0v) is 15.0. The van der Waals surface area contributed by atoms with E-state index >= 15 is 0 Å². The van der Waals surface area contributed by atoms with E-state index < -0.39 is 29.0 Å². The van der Waals surface area contributed by atoms with Gasteiger partial charge in [0.2, 0.25) is 5.41 Å². The van der Waals surface area contributed by atoms with Crippen molar-refractivity contribution in [1.29, 1.82) is 5.26 Å². The van der Waals surface area contributed by atoms with E-state index in [4.69, 9.17) is 28.9 Å². The largest absolute Gasteiger partial charge is 0.468 e. The lowest BCUT2D eigenvalue weighted by Crippen LogP contribution is -2.51. The first-order valence-corrected chi connectivity index (χ1v) is 7.77. The normalized spacial score (nSPS) is 20.5. The van der Waals surface area contributed by atoms with Crippen LogP contribution < -0.4 is 10.6 Å². The average Bonchev–Trinajstić information content (AvgIpc) is 2.54. The van der Waals surface area contributed by atoms with E-state index in [9.17, 15) is 23.2 Å². The van der Waals surface area contributed by atoms with E-state index in [2.05, 4.69) is 4.74 Å². The number of nitrogens with two attached hydrogens (primary N) is 1. The van der Waals surface area contributed by atoms with Crippen LogP contribution in [0.3, 0.4) is 0 Å². The van der Waals surface area contributed by atoms with Gasteiger partial charge in [0.1, 0.15) is 17.5 Å². The molecule has 0 unspecified atom stereocenters. The highest BCUT2D eigenvalue weighted by Gasteiger charge is 2.65. The highest BCUT2D eigenvalue weighted by molar-refractivity contribution is 6.39. The summed E-state index contributed by atoms with van der Waals surface area (Å²) in [5.41, 5.74) is 1.52. The van der Waals surface area contributed by atoms with Crippen molar-refractivity contribution in [2.45, 2.75) is 13.1 Å². The summed E-state index contributed by atoms with van der Waals surface area (Å²) in [6.45, 7) is 1.28. The fourth-order valence-corrected chi connectivity index (χ4v) is 3.33. The van der Waals surface area contributed by atoms with Gasteiger partial charge in [-0.25, -0.2) is 0 Å². The van der Waals surface area contributed by atoms with Gasteiger partial charge in [-0.15, -0.1) is 0 Å². The molecule has 2 rings (SSSR count). The number of carbonyl (C=O) groups excluding carboxylic acids is 1. The van der Waals surface area contributed by atoms with Gasteiger partial charge in [-0.05, 0) is 25.1 Å². The van der Waals surface area contributed by atoms with E-state index in [0.29, 0.717) is 6.08 Å². The quantitative estimate of drug-likeness (QED) is 0.748. The van der Waals surface area contributed by atoms with Crippen molar-refractivity contribution >= 4 is 34.9 Å². The summed E-state index contributed by atoms with van der Waals surface area (Å²) in [5.74, 6) is -2.29. The number of halogens is 5. The first kappa shape index (κ1) is 19.9. The fourth-order valence-electron chi connectivity index (χ4n) is 2.76. The van der Waals surface area contributed by atoms with Gasteiger partial charge in [-0.1, -0.05) is 29.3 Å². The number of anilines is 1. The molecule has 0 aromatic heterocycles. The molecule has 0 bridgehead atoms. The Balaban J connectivity index is 2.86. The van der Waals surface area contributed by atoms with Gasteiger partial charge in [-0.3, -0.25) is 9.69 Å². The second-order valence-corrected chi connectivity index (χ2v) is 6.18. The number of ether oxygens (including phenoxy) is 1. The molecule has 2 N–H and O–H groups in total. The Kier molecular flexibility index (Phi) is 5.17. The summed E-state index contributed by atoms with van der Waals surface area (Å²) >= 11 is 12.2. The highest BCUT2D eigenvalue weighted by Crippen LogP contribution is 2.52. The molecule has 1 heterocycles. The lowest BCUT2D eigenvalue weighted by atomic mass is 9.76. The van der Waals surface area contributed by atoms with E-state index in [0.717, 1.165) is 12.0 Å². The maximum Gasteiger partial charge on any atom is 0.413 e. The number of hydrogen-bond acceptors (Lipinski definition) is 5. The lowest BCUT2D eigenvalue weighted by Gasteiger charge is -2.39. The first-order chi connectivity index (χ1) is 12.0. The minimum absolute atomic E-state index is 0.0930. The molecule has 0 saturated heterocycles. The molecule has 138 valence electrons. The second-order valence-electron chi connectivity index (χ2n) is 5.36. The molecule has 26 heavy (non-hydrogen) atoms. The Morgan fingerprint density at radius 2 is 1.88 bits per heavy atom. The van der Waals surface area contributed by atoms with Crippen LogP contribution in [0.25, 0.3) is 0 Å². The number of benzene rings is 1. The van der Waals surface area contributed by atoms with Crippen molar-refractivity contribution in [2.75, 3.05) is 12.0 Å². The maximum absolute atomic E-state index is 13.8. The topological polar surface area (TPSA) is 79.3 Å². The van der Waals surface area contributed by atoms with Crippen molar-refractivity contribution < 1.29 is 22.7 Å². The van der Waals surface area contributed by atoms with Crippen LogP contribution in [-0.4, -0.2) is 19.3 Å². The van der Waals surface area contributed by atoms with Crippen LogP contribution in [0.15, 0.2) is 41.4 Å².